The molecule has 4 fully saturated rings. The molecule has 4 saturated heterocycles. The van der Waals surface area contributed by atoms with Gasteiger partial charge in [-0.25, -0.2) is 0 Å². The number of carbonyl (C=O) groups is 1. The average Bonchev–Trinajstić information content (AvgIpc) is 3.04. The average molecular weight is 692 g/mol. The van der Waals surface area contributed by atoms with Crippen molar-refractivity contribution >= 4 is 5.91 Å². The maximum absolute atomic E-state index is 12.1. The number of aliphatic hydroxyl groups is 12. The fourth-order valence-electron chi connectivity index (χ4n) is 5.86. The summed E-state index contributed by atoms with van der Waals surface area (Å²) in [4.78, 5) is 12.1. The summed E-state index contributed by atoms with van der Waals surface area (Å²) in [7, 11) is 0. The third kappa shape index (κ3) is 8.04. The molecule has 21 nitrogen and oxygen atoms in total. The third-order valence-electron chi connectivity index (χ3n) is 8.57. The number of hydrogen-bond donors (Lipinski definition) is 13. The second-order valence-electron chi connectivity index (χ2n) is 11.9. The van der Waals surface area contributed by atoms with E-state index in [1.807, 2.05) is 0 Å². The Morgan fingerprint density at radius 2 is 1.06 bits per heavy atom. The van der Waals surface area contributed by atoms with Crippen molar-refractivity contribution < 1.29 is 99.2 Å². The van der Waals surface area contributed by atoms with Crippen molar-refractivity contribution in [3.05, 3.63) is 0 Å². The van der Waals surface area contributed by atoms with Gasteiger partial charge in [-0.2, -0.15) is 0 Å². The fraction of sp³-hybridized carbons (Fsp3) is 0.962. The summed E-state index contributed by atoms with van der Waals surface area (Å²) in [5.41, 5.74) is 0. The molecule has 4 aliphatic heterocycles. The lowest BCUT2D eigenvalue weighted by Crippen LogP contribution is -2.69. The molecule has 0 aliphatic carbocycles. The quantitative estimate of drug-likeness (QED) is 0.101. The van der Waals surface area contributed by atoms with Crippen LogP contribution in [-0.4, -0.2) is 210 Å². The Morgan fingerprint density at radius 1 is 0.553 bits per heavy atom. The molecule has 47 heavy (non-hydrogen) atoms. The molecule has 20 atom stereocenters. The molecular formula is C26H45NO20. The van der Waals surface area contributed by atoms with Gasteiger partial charge in [-0.15, -0.1) is 0 Å². The van der Waals surface area contributed by atoms with Gasteiger partial charge in [0, 0.05) is 6.92 Å². The molecule has 0 aromatic heterocycles. The van der Waals surface area contributed by atoms with Crippen molar-refractivity contribution in [1.29, 1.82) is 0 Å². The standard InChI is InChI=1S/C26H45NO20/c1-6-12(32)16(36)19(39)25(41-6)47-22-18(38)14(34)9(4-29)43-26(22)45-20-10(5-30)44-24(11(15(20)35)27-7(2)31)46-21-17(37)13(33)8(3-28)42-23(21)40/h6,8-26,28-30,32-40H,3-5H2,1-2H3,(H,27,31)/t6-,8+,9+,10+,11+,12+,13+,14-,15+,16+,17-,18-,19-,20+,21-,22+,23-,24-,25-,26-/m0/s1. The van der Waals surface area contributed by atoms with Crippen molar-refractivity contribution in [3.8, 4) is 0 Å². The molecule has 0 radical (unpaired) electrons. The van der Waals surface area contributed by atoms with Crippen LogP contribution in [0.3, 0.4) is 0 Å². The number of hydrogen-bond acceptors (Lipinski definition) is 20. The van der Waals surface area contributed by atoms with Crippen LogP contribution < -0.4 is 5.32 Å². The van der Waals surface area contributed by atoms with E-state index in [2.05, 4.69) is 5.32 Å². The Morgan fingerprint density at radius 3 is 1.64 bits per heavy atom. The van der Waals surface area contributed by atoms with Crippen LogP contribution >= 0.6 is 0 Å². The van der Waals surface area contributed by atoms with Gasteiger partial charge >= 0.3 is 0 Å². The predicted molar refractivity (Wildman–Crippen MR) is 144 cm³/mol. The minimum atomic E-state index is -1.93. The first-order chi connectivity index (χ1) is 22.1. The van der Waals surface area contributed by atoms with E-state index in [0.717, 1.165) is 6.92 Å². The lowest BCUT2D eigenvalue weighted by atomic mass is 9.94. The Bertz CT molecular complexity index is 1010. The predicted octanol–water partition coefficient (Wildman–Crippen LogP) is -8.58. The first kappa shape index (κ1) is 38.5. The van der Waals surface area contributed by atoms with Crippen LogP contribution in [0.15, 0.2) is 0 Å². The molecule has 0 bridgehead atoms. The van der Waals surface area contributed by atoms with Crippen LogP contribution in [0.4, 0.5) is 0 Å². The Hall–Kier alpha value is -1.29. The highest BCUT2D eigenvalue weighted by Crippen LogP contribution is 2.34. The Balaban J connectivity index is 1.58. The monoisotopic (exact) mass is 691 g/mol. The zero-order chi connectivity index (χ0) is 34.9. The van der Waals surface area contributed by atoms with Gasteiger partial charge in [0.05, 0.1) is 25.9 Å². The molecule has 4 heterocycles. The minimum Gasteiger partial charge on any atom is -0.394 e. The molecule has 4 rings (SSSR count). The molecule has 13 N–H and O–H groups in total. The van der Waals surface area contributed by atoms with Crippen molar-refractivity contribution in [2.45, 2.75) is 137 Å². The largest absolute Gasteiger partial charge is 0.394 e. The van der Waals surface area contributed by atoms with Crippen LogP contribution in [0, 0.1) is 0 Å². The van der Waals surface area contributed by atoms with E-state index in [1.54, 1.807) is 0 Å². The Labute approximate surface area is 267 Å². The number of ether oxygens (including phenoxy) is 7. The van der Waals surface area contributed by atoms with Gasteiger partial charge in [0.1, 0.15) is 91.5 Å². The summed E-state index contributed by atoms with van der Waals surface area (Å²) in [5, 5.41) is 126. The van der Waals surface area contributed by atoms with Crippen LogP contribution in [0.25, 0.3) is 0 Å². The van der Waals surface area contributed by atoms with E-state index in [1.165, 1.54) is 6.92 Å². The van der Waals surface area contributed by atoms with E-state index in [0.29, 0.717) is 0 Å². The van der Waals surface area contributed by atoms with Gasteiger partial charge in [-0.1, -0.05) is 0 Å². The summed E-state index contributed by atoms with van der Waals surface area (Å²) in [6.45, 7) is -0.0794. The van der Waals surface area contributed by atoms with Crippen LogP contribution in [0.2, 0.25) is 0 Å². The summed E-state index contributed by atoms with van der Waals surface area (Å²) in [6.07, 6.45) is -32.2. The van der Waals surface area contributed by atoms with E-state index >= 15 is 0 Å². The Kier molecular flexibility index (Phi) is 13.2. The highest BCUT2D eigenvalue weighted by Gasteiger charge is 2.55. The second-order valence-corrected chi connectivity index (χ2v) is 11.9. The van der Waals surface area contributed by atoms with Gasteiger partial charge in [-0.3, -0.25) is 4.79 Å². The SMILES string of the molecule is CC(=O)N[C@H]1[C@H](O[C@H]2[C@@H](O)[C@H](O)[C@@H](CO)O[C@@H]2O)O[C@H](CO)[C@@H](O[C@@H]2O[C@H](CO)[C@H](O)[C@H](O)[C@H]2O[C@@H]2O[C@@H](C)[C@@H](O)[C@@H](O)[C@@H]2O)[C@@H]1O. The highest BCUT2D eigenvalue weighted by atomic mass is 16.8. The van der Waals surface area contributed by atoms with Gasteiger partial charge in [0.25, 0.3) is 0 Å². The first-order valence-electron chi connectivity index (χ1n) is 15.0. The second kappa shape index (κ2) is 16.2. The summed E-state index contributed by atoms with van der Waals surface area (Å²) < 4.78 is 39.0. The summed E-state index contributed by atoms with van der Waals surface area (Å²) in [6, 6.07) is -1.58. The topological polar surface area (TPSA) is 336 Å². The van der Waals surface area contributed by atoms with Gasteiger partial charge < -0.3 is 99.8 Å². The van der Waals surface area contributed by atoms with Crippen LogP contribution in [0.1, 0.15) is 13.8 Å². The molecule has 0 saturated carbocycles. The van der Waals surface area contributed by atoms with Gasteiger partial charge in [0.15, 0.2) is 25.2 Å². The van der Waals surface area contributed by atoms with E-state index in [-0.39, 0.29) is 0 Å². The molecule has 0 unspecified atom stereocenters. The molecule has 0 aromatic rings. The molecule has 0 aromatic carbocycles. The molecule has 21 heteroatoms. The van der Waals surface area contributed by atoms with Gasteiger partial charge in [-0.05, 0) is 6.92 Å². The van der Waals surface area contributed by atoms with E-state index in [4.69, 9.17) is 33.2 Å². The molecular weight excluding hydrogens is 646 g/mol. The van der Waals surface area contributed by atoms with Gasteiger partial charge in [0.2, 0.25) is 5.91 Å². The number of amides is 1. The molecule has 0 spiro atoms. The maximum Gasteiger partial charge on any atom is 0.217 e. The van der Waals surface area contributed by atoms with E-state index in [9.17, 15) is 66.1 Å². The maximum atomic E-state index is 12.1. The van der Waals surface area contributed by atoms with Crippen LogP contribution in [-0.2, 0) is 38.0 Å². The smallest absolute Gasteiger partial charge is 0.217 e. The number of aliphatic hydroxyl groups excluding tert-OH is 12. The summed E-state index contributed by atoms with van der Waals surface area (Å²) >= 11 is 0. The van der Waals surface area contributed by atoms with Crippen molar-refractivity contribution in [1.82, 2.24) is 5.32 Å². The normalized spacial score (nSPS) is 51.0. The first-order valence-corrected chi connectivity index (χ1v) is 15.0. The van der Waals surface area contributed by atoms with E-state index < -0.39 is 148 Å². The fourth-order valence-corrected chi connectivity index (χ4v) is 5.86. The lowest BCUT2D eigenvalue weighted by Gasteiger charge is -2.50. The van der Waals surface area contributed by atoms with Crippen molar-refractivity contribution in [2.75, 3.05) is 19.8 Å². The molecule has 274 valence electrons. The minimum absolute atomic E-state index is 0.735. The molecule has 4 aliphatic rings. The zero-order valence-corrected chi connectivity index (χ0v) is 25.3. The van der Waals surface area contributed by atoms with Crippen LogP contribution in [0.5, 0.6) is 0 Å². The lowest BCUT2D eigenvalue weighted by molar-refractivity contribution is -0.388. The number of carbonyl (C=O) groups excluding carboxylic acids is 1. The highest BCUT2D eigenvalue weighted by molar-refractivity contribution is 5.73. The summed E-state index contributed by atoms with van der Waals surface area (Å²) in [5.74, 6) is -0.735. The third-order valence-corrected chi connectivity index (χ3v) is 8.57. The molecule has 1 amide bonds. The number of rotatable bonds is 10. The van der Waals surface area contributed by atoms with Crippen molar-refractivity contribution in [2.24, 2.45) is 0 Å². The zero-order valence-electron chi connectivity index (χ0n) is 25.3. The van der Waals surface area contributed by atoms with Crippen molar-refractivity contribution in [3.63, 3.8) is 0 Å². The number of nitrogens with one attached hydrogen (secondary N) is 1.